The van der Waals surface area contributed by atoms with Gasteiger partial charge in [-0.3, -0.25) is 0 Å². The Balaban J connectivity index is 2.92. The van der Waals surface area contributed by atoms with E-state index in [0.29, 0.717) is 5.82 Å². The third kappa shape index (κ3) is 1.64. The molecule has 1 heterocycles. The summed E-state index contributed by atoms with van der Waals surface area (Å²) in [5, 5.41) is 17.3. The fourth-order valence-electron chi connectivity index (χ4n) is 0.613. The molecule has 4 nitrogen and oxygen atoms in total. The second kappa shape index (κ2) is 2.97. The van der Waals surface area contributed by atoms with Crippen molar-refractivity contribution in [1.29, 1.82) is 5.26 Å². The first-order valence-electron chi connectivity index (χ1n) is 3.14. The van der Waals surface area contributed by atoms with Crippen molar-refractivity contribution in [2.24, 2.45) is 0 Å². The van der Waals surface area contributed by atoms with Gasteiger partial charge in [0, 0.05) is 0 Å². The summed E-state index contributed by atoms with van der Waals surface area (Å²) < 4.78 is 0. The van der Waals surface area contributed by atoms with E-state index in [1.807, 2.05) is 6.07 Å². The Bertz CT molecular complexity index is 275. The van der Waals surface area contributed by atoms with Crippen molar-refractivity contribution in [2.75, 3.05) is 0 Å². The first-order valence-corrected chi connectivity index (χ1v) is 3.14. The molecule has 1 aromatic rings. The topological polar surface area (TPSA) is 69.8 Å². The highest BCUT2D eigenvalue weighted by molar-refractivity contribution is 5.13. The van der Waals surface area contributed by atoms with Crippen LogP contribution in [0.3, 0.4) is 0 Å². The Morgan fingerprint density at radius 1 is 1.55 bits per heavy atom. The van der Waals surface area contributed by atoms with Crippen LogP contribution in [0.15, 0.2) is 12.4 Å². The molecular formula is C7H7N3O. The van der Waals surface area contributed by atoms with Crippen LogP contribution in [0, 0.1) is 11.3 Å². The van der Waals surface area contributed by atoms with E-state index in [2.05, 4.69) is 9.97 Å². The lowest BCUT2D eigenvalue weighted by Crippen LogP contribution is -1.96. The van der Waals surface area contributed by atoms with Crippen LogP contribution in [0.25, 0.3) is 0 Å². The Hall–Kier alpha value is -1.63. The van der Waals surface area contributed by atoms with E-state index in [-0.39, 0.29) is 11.7 Å². The smallest absolute Gasteiger partial charge is 0.152 e. The van der Waals surface area contributed by atoms with Crippen LogP contribution in [-0.2, 0) is 0 Å². The number of hydrogen-bond donors (Lipinski definition) is 1. The van der Waals surface area contributed by atoms with Gasteiger partial charge >= 0.3 is 0 Å². The maximum absolute atomic E-state index is 8.80. The summed E-state index contributed by atoms with van der Waals surface area (Å²) in [5.74, 6) is 0.125. The molecule has 0 aliphatic carbocycles. The molecule has 11 heavy (non-hydrogen) atoms. The Labute approximate surface area is 64.2 Å². The van der Waals surface area contributed by atoms with E-state index in [1.165, 1.54) is 12.4 Å². The lowest BCUT2D eigenvalue weighted by molar-refractivity contribution is 0.468. The molecule has 0 saturated heterocycles. The van der Waals surface area contributed by atoms with Crippen molar-refractivity contribution < 1.29 is 5.11 Å². The first kappa shape index (κ1) is 7.48. The van der Waals surface area contributed by atoms with Gasteiger partial charge in [0.1, 0.15) is 11.7 Å². The van der Waals surface area contributed by atoms with Gasteiger partial charge in [0.25, 0.3) is 0 Å². The number of rotatable bonds is 1. The van der Waals surface area contributed by atoms with Crippen LogP contribution in [-0.4, -0.2) is 15.1 Å². The summed E-state index contributed by atoms with van der Waals surface area (Å²) in [4.78, 5) is 7.53. The summed E-state index contributed by atoms with van der Waals surface area (Å²) in [7, 11) is 0. The van der Waals surface area contributed by atoms with Crippen molar-refractivity contribution in [3.63, 3.8) is 0 Å². The van der Waals surface area contributed by atoms with Gasteiger partial charge in [0.15, 0.2) is 5.75 Å². The SMILES string of the molecule is CC(C#N)c1ncc(O)cn1. The molecule has 0 radical (unpaired) electrons. The Kier molecular flexibility index (Phi) is 2.02. The standard InChI is InChI=1S/C7H7N3O/c1-5(2-8)7-9-3-6(11)4-10-7/h3-5,11H,1H3. The van der Waals surface area contributed by atoms with Gasteiger partial charge in [-0.05, 0) is 6.92 Å². The van der Waals surface area contributed by atoms with E-state index in [0.717, 1.165) is 0 Å². The summed E-state index contributed by atoms with van der Waals surface area (Å²) in [6.45, 7) is 1.70. The zero-order chi connectivity index (χ0) is 8.27. The number of aromatic hydroxyl groups is 1. The van der Waals surface area contributed by atoms with Gasteiger partial charge in [-0.15, -0.1) is 0 Å². The average molecular weight is 149 g/mol. The average Bonchev–Trinajstić information content (AvgIpc) is 2.05. The molecule has 4 heteroatoms. The lowest BCUT2D eigenvalue weighted by atomic mass is 10.2. The number of nitriles is 1. The number of nitrogens with zero attached hydrogens (tertiary/aromatic N) is 3. The highest BCUT2D eigenvalue weighted by Crippen LogP contribution is 2.09. The van der Waals surface area contributed by atoms with Crippen molar-refractivity contribution >= 4 is 0 Å². The van der Waals surface area contributed by atoms with Crippen LogP contribution in [0.5, 0.6) is 5.75 Å². The van der Waals surface area contributed by atoms with E-state index in [4.69, 9.17) is 10.4 Å². The molecule has 1 aromatic heterocycles. The molecule has 1 N–H and O–H groups in total. The maximum Gasteiger partial charge on any atom is 0.152 e. The van der Waals surface area contributed by atoms with Gasteiger partial charge in [0.2, 0.25) is 0 Å². The summed E-state index contributed by atoms with van der Waals surface area (Å²) in [6, 6.07) is 1.99. The minimum Gasteiger partial charge on any atom is -0.505 e. The van der Waals surface area contributed by atoms with Crippen molar-refractivity contribution in [3.05, 3.63) is 18.2 Å². The number of hydrogen-bond acceptors (Lipinski definition) is 4. The quantitative estimate of drug-likeness (QED) is 0.641. The minimum absolute atomic E-state index is 0.0129. The largest absolute Gasteiger partial charge is 0.505 e. The molecule has 1 atom stereocenters. The van der Waals surface area contributed by atoms with E-state index < -0.39 is 0 Å². The molecule has 0 aromatic carbocycles. The summed E-state index contributed by atoms with van der Waals surface area (Å²) >= 11 is 0. The first-order chi connectivity index (χ1) is 5.24. The summed E-state index contributed by atoms with van der Waals surface area (Å²) in [6.07, 6.45) is 2.55. The van der Waals surface area contributed by atoms with E-state index in [9.17, 15) is 0 Å². The number of aromatic nitrogens is 2. The third-order valence-electron chi connectivity index (χ3n) is 1.24. The molecule has 1 unspecified atom stereocenters. The van der Waals surface area contributed by atoms with Crippen LogP contribution < -0.4 is 0 Å². The predicted octanol–water partition coefficient (Wildman–Crippen LogP) is 0.809. The van der Waals surface area contributed by atoms with Crippen LogP contribution >= 0.6 is 0 Å². The molecule has 0 bridgehead atoms. The van der Waals surface area contributed by atoms with Gasteiger partial charge < -0.3 is 5.11 Å². The van der Waals surface area contributed by atoms with Crippen LogP contribution in [0.2, 0.25) is 0 Å². The minimum atomic E-state index is -0.324. The second-order valence-corrected chi connectivity index (χ2v) is 2.15. The van der Waals surface area contributed by atoms with Crippen molar-refractivity contribution in [3.8, 4) is 11.8 Å². The summed E-state index contributed by atoms with van der Waals surface area (Å²) in [5.41, 5.74) is 0. The molecule has 0 saturated carbocycles. The zero-order valence-corrected chi connectivity index (χ0v) is 6.02. The van der Waals surface area contributed by atoms with Crippen LogP contribution in [0.4, 0.5) is 0 Å². The molecular weight excluding hydrogens is 142 g/mol. The fourth-order valence-corrected chi connectivity index (χ4v) is 0.613. The van der Waals surface area contributed by atoms with Crippen molar-refractivity contribution in [1.82, 2.24) is 9.97 Å². The zero-order valence-electron chi connectivity index (χ0n) is 6.02. The Morgan fingerprint density at radius 3 is 2.55 bits per heavy atom. The van der Waals surface area contributed by atoms with E-state index >= 15 is 0 Å². The fraction of sp³-hybridized carbons (Fsp3) is 0.286. The van der Waals surface area contributed by atoms with Gasteiger partial charge in [0.05, 0.1) is 18.5 Å². The molecule has 0 aliphatic rings. The Morgan fingerprint density at radius 2 is 2.09 bits per heavy atom. The highest BCUT2D eigenvalue weighted by atomic mass is 16.3. The third-order valence-corrected chi connectivity index (χ3v) is 1.24. The molecule has 0 aliphatic heterocycles. The second-order valence-electron chi connectivity index (χ2n) is 2.15. The van der Waals surface area contributed by atoms with Gasteiger partial charge in [-0.1, -0.05) is 0 Å². The molecule has 0 spiro atoms. The van der Waals surface area contributed by atoms with E-state index in [1.54, 1.807) is 6.92 Å². The lowest BCUT2D eigenvalue weighted by Gasteiger charge is -1.98. The molecule has 56 valence electrons. The normalized spacial score (nSPS) is 12.0. The van der Waals surface area contributed by atoms with Crippen LogP contribution in [0.1, 0.15) is 18.7 Å². The highest BCUT2D eigenvalue weighted by Gasteiger charge is 2.05. The van der Waals surface area contributed by atoms with Gasteiger partial charge in [-0.25, -0.2) is 9.97 Å². The predicted molar refractivity (Wildman–Crippen MR) is 37.7 cm³/mol. The van der Waals surface area contributed by atoms with Crippen molar-refractivity contribution in [2.45, 2.75) is 12.8 Å². The molecule has 0 fully saturated rings. The van der Waals surface area contributed by atoms with Gasteiger partial charge in [-0.2, -0.15) is 5.26 Å². The monoisotopic (exact) mass is 149 g/mol. The molecule has 1 rings (SSSR count). The molecule has 0 amide bonds. The maximum atomic E-state index is 8.80.